The van der Waals surface area contributed by atoms with Gasteiger partial charge in [0.15, 0.2) is 6.23 Å². The first-order valence-corrected chi connectivity index (χ1v) is 11.0. The lowest BCUT2D eigenvalue weighted by Gasteiger charge is -2.15. The molecule has 1 aromatic rings. The molecule has 0 saturated heterocycles. The fourth-order valence-corrected chi connectivity index (χ4v) is 3.33. The minimum atomic E-state index is -0.719. The molecule has 1 unspecified atom stereocenters. The molecule has 0 aromatic carbocycles. The van der Waals surface area contributed by atoms with Crippen LogP contribution in [0.15, 0.2) is 34.0 Å². The first-order chi connectivity index (χ1) is 15.0. The van der Waals surface area contributed by atoms with Gasteiger partial charge in [0.2, 0.25) is 5.91 Å². The highest BCUT2D eigenvalue weighted by atomic mass is 16.5. The molecule has 0 aliphatic carbocycles. The fraction of sp³-hybridized carbons (Fsp3) is 0.591. The summed E-state index contributed by atoms with van der Waals surface area (Å²) >= 11 is 0. The maximum absolute atomic E-state index is 12.1. The summed E-state index contributed by atoms with van der Waals surface area (Å²) in [7, 11) is 0. The molecule has 172 valence electrons. The normalized spacial score (nSPS) is 18.1. The number of amides is 1. The number of aliphatic hydroxyl groups excluding tert-OH is 1. The lowest BCUT2D eigenvalue weighted by Crippen LogP contribution is -2.33. The standard InChI is InChI=1S/C22H34N4O5/c23-13-7-5-3-1-2-4-6-8-14-24-19(28)11-9-17-15-26(22(30)25-21(17)29)20-12-10-18(16-27)31-20/h9-12,15,18,20,27H,1-8,13-14,16,23H2,(H,24,28)(H,25,29,30)/b11-9+/t18?,20-/m1/s1. The van der Waals surface area contributed by atoms with Crippen LogP contribution in [0.25, 0.3) is 6.08 Å². The number of unbranched alkanes of at least 4 members (excludes halogenated alkanes) is 7. The van der Waals surface area contributed by atoms with Gasteiger partial charge in [-0.2, -0.15) is 0 Å². The van der Waals surface area contributed by atoms with Gasteiger partial charge < -0.3 is 20.9 Å². The second-order valence-corrected chi connectivity index (χ2v) is 7.63. The summed E-state index contributed by atoms with van der Waals surface area (Å²) in [6.07, 6.45) is 15.1. The Hall–Kier alpha value is -2.49. The minimum Gasteiger partial charge on any atom is -0.393 e. The summed E-state index contributed by atoms with van der Waals surface area (Å²) in [5.41, 5.74) is 4.42. The van der Waals surface area contributed by atoms with E-state index in [-0.39, 0.29) is 18.1 Å². The summed E-state index contributed by atoms with van der Waals surface area (Å²) < 4.78 is 6.70. The minimum absolute atomic E-state index is 0.161. The van der Waals surface area contributed by atoms with Crippen LogP contribution in [0, 0.1) is 0 Å². The van der Waals surface area contributed by atoms with Gasteiger partial charge in [0.1, 0.15) is 6.10 Å². The van der Waals surface area contributed by atoms with Crippen molar-refractivity contribution in [3.05, 3.63) is 50.8 Å². The van der Waals surface area contributed by atoms with E-state index in [1.807, 2.05) is 0 Å². The average molecular weight is 435 g/mol. The van der Waals surface area contributed by atoms with Crippen LogP contribution in [0.2, 0.25) is 0 Å². The summed E-state index contributed by atoms with van der Waals surface area (Å²) in [4.78, 5) is 38.3. The summed E-state index contributed by atoms with van der Waals surface area (Å²) in [5, 5.41) is 11.9. The Balaban J connectivity index is 1.74. The third kappa shape index (κ3) is 8.64. The predicted octanol–water partition coefficient (Wildman–Crippen LogP) is 1.19. The highest BCUT2D eigenvalue weighted by Gasteiger charge is 2.21. The summed E-state index contributed by atoms with van der Waals surface area (Å²) in [5.74, 6) is -0.295. The van der Waals surface area contributed by atoms with Crippen molar-refractivity contribution in [3.63, 3.8) is 0 Å². The van der Waals surface area contributed by atoms with E-state index < -0.39 is 23.6 Å². The maximum atomic E-state index is 12.1. The van der Waals surface area contributed by atoms with E-state index in [9.17, 15) is 14.4 Å². The number of nitrogens with one attached hydrogen (secondary N) is 2. The first kappa shape index (κ1) is 24.8. The molecule has 0 bridgehead atoms. The molecule has 0 fully saturated rings. The van der Waals surface area contributed by atoms with Crippen molar-refractivity contribution in [1.82, 2.24) is 14.9 Å². The van der Waals surface area contributed by atoms with Crippen molar-refractivity contribution in [2.45, 2.75) is 63.7 Å². The largest absolute Gasteiger partial charge is 0.393 e. The first-order valence-electron chi connectivity index (χ1n) is 11.0. The van der Waals surface area contributed by atoms with Crippen molar-refractivity contribution < 1.29 is 14.6 Å². The summed E-state index contributed by atoms with van der Waals surface area (Å²) in [6, 6.07) is 0. The number of aromatic nitrogens is 2. The zero-order valence-electron chi connectivity index (χ0n) is 17.9. The van der Waals surface area contributed by atoms with E-state index >= 15 is 0 Å². The quantitative estimate of drug-likeness (QED) is 0.197. The van der Waals surface area contributed by atoms with Gasteiger partial charge in [-0.1, -0.05) is 44.6 Å². The van der Waals surface area contributed by atoms with Crippen LogP contribution >= 0.6 is 0 Å². The molecule has 2 heterocycles. The lowest BCUT2D eigenvalue weighted by molar-refractivity contribution is -0.116. The molecular formula is C22H34N4O5. The number of ether oxygens (including phenoxy) is 1. The van der Waals surface area contributed by atoms with Crippen molar-refractivity contribution in [3.8, 4) is 0 Å². The van der Waals surface area contributed by atoms with Gasteiger partial charge in [0, 0.05) is 18.8 Å². The third-order valence-corrected chi connectivity index (χ3v) is 5.10. The van der Waals surface area contributed by atoms with Crippen LogP contribution in [-0.2, 0) is 9.53 Å². The zero-order chi connectivity index (χ0) is 22.5. The van der Waals surface area contributed by atoms with E-state index in [0.717, 1.165) is 32.2 Å². The smallest absolute Gasteiger partial charge is 0.330 e. The highest BCUT2D eigenvalue weighted by Crippen LogP contribution is 2.19. The Bertz CT molecular complexity index is 858. The van der Waals surface area contributed by atoms with Crippen LogP contribution in [0.5, 0.6) is 0 Å². The van der Waals surface area contributed by atoms with E-state index in [1.165, 1.54) is 48.6 Å². The number of hydrogen-bond donors (Lipinski definition) is 4. The van der Waals surface area contributed by atoms with Crippen LogP contribution in [-0.4, -0.2) is 46.4 Å². The predicted molar refractivity (Wildman–Crippen MR) is 119 cm³/mol. The van der Waals surface area contributed by atoms with E-state index in [0.29, 0.717) is 6.54 Å². The molecule has 0 saturated carbocycles. The molecule has 5 N–H and O–H groups in total. The van der Waals surface area contributed by atoms with Crippen molar-refractivity contribution in [2.75, 3.05) is 19.7 Å². The molecule has 1 aliphatic heterocycles. The number of aliphatic hydroxyl groups is 1. The molecule has 9 nitrogen and oxygen atoms in total. The fourth-order valence-electron chi connectivity index (χ4n) is 3.33. The maximum Gasteiger partial charge on any atom is 0.330 e. The molecular weight excluding hydrogens is 400 g/mol. The number of rotatable bonds is 14. The Morgan fingerprint density at radius 1 is 1.13 bits per heavy atom. The second kappa shape index (κ2) is 13.7. The highest BCUT2D eigenvalue weighted by molar-refractivity contribution is 5.91. The molecule has 1 aliphatic rings. The van der Waals surface area contributed by atoms with Crippen LogP contribution in [0.4, 0.5) is 0 Å². The van der Waals surface area contributed by atoms with Crippen molar-refractivity contribution in [2.24, 2.45) is 5.73 Å². The monoisotopic (exact) mass is 434 g/mol. The Morgan fingerprint density at radius 2 is 1.81 bits per heavy atom. The van der Waals surface area contributed by atoms with Gasteiger partial charge in [-0.15, -0.1) is 0 Å². The molecule has 0 radical (unpaired) electrons. The zero-order valence-corrected chi connectivity index (χ0v) is 17.9. The SMILES string of the molecule is NCCCCCCCCCCNC(=O)/C=C/c1cn([C@H]2C=CC(CO)O2)c(=O)[nH]c1=O. The molecule has 2 rings (SSSR count). The van der Waals surface area contributed by atoms with E-state index in [4.69, 9.17) is 15.6 Å². The van der Waals surface area contributed by atoms with Gasteiger partial charge in [-0.3, -0.25) is 19.1 Å². The number of carbonyl (C=O) groups is 1. The van der Waals surface area contributed by atoms with Crippen molar-refractivity contribution >= 4 is 12.0 Å². The van der Waals surface area contributed by atoms with E-state index in [2.05, 4.69) is 10.3 Å². The third-order valence-electron chi connectivity index (χ3n) is 5.10. The number of nitrogens with two attached hydrogens (primary N) is 1. The van der Waals surface area contributed by atoms with Crippen molar-refractivity contribution in [1.29, 1.82) is 0 Å². The van der Waals surface area contributed by atoms with Gasteiger partial charge in [0.25, 0.3) is 5.56 Å². The van der Waals surface area contributed by atoms with Crippen LogP contribution < -0.4 is 22.3 Å². The Morgan fingerprint density at radius 3 is 2.45 bits per heavy atom. The van der Waals surface area contributed by atoms with E-state index in [1.54, 1.807) is 12.2 Å². The number of carbonyl (C=O) groups excluding carboxylic acids is 1. The topological polar surface area (TPSA) is 139 Å². The number of aromatic amines is 1. The number of hydrogen-bond acceptors (Lipinski definition) is 6. The summed E-state index contributed by atoms with van der Waals surface area (Å²) in [6.45, 7) is 1.14. The Kier molecular flexibility index (Phi) is 11.0. The van der Waals surface area contributed by atoms with Gasteiger partial charge in [-0.05, 0) is 31.5 Å². The van der Waals surface area contributed by atoms with Gasteiger partial charge in [0.05, 0.1) is 12.2 Å². The van der Waals surface area contributed by atoms with Gasteiger partial charge >= 0.3 is 5.69 Å². The molecule has 31 heavy (non-hydrogen) atoms. The number of H-pyrrole nitrogens is 1. The molecule has 2 atom stereocenters. The van der Waals surface area contributed by atoms with Crippen LogP contribution in [0.3, 0.4) is 0 Å². The lowest BCUT2D eigenvalue weighted by atomic mass is 10.1. The number of nitrogens with zero attached hydrogens (tertiary/aromatic N) is 1. The molecule has 1 aromatic heterocycles. The molecule has 0 spiro atoms. The second-order valence-electron chi connectivity index (χ2n) is 7.63. The average Bonchev–Trinajstić information content (AvgIpc) is 3.23. The van der Waals surface area contributed by atoms with Crippen LogP contribution in [0.1, 0.15) is 63.2 Å². The molecule has 1 amide bonds. The Labute approximate surface area is 182 Å². The van der Waals surface area contributed by atoms with Gasteiger partial charge in [-0.25, -0.2) is 4.79 Å². The molecule has 9 heteroatoms.